The van der Waals surface area contributed by atoms with Crippen molar-refractivity contribution in [3.63, 3.8) is 0 Å². The Morgan fingerprint density at radius 1 is 1.21 bits per heavy atom. The summed E-state index contributed by atoms with van der Waals surface area (Å²) < 4.78 is 4.37. The predicted molar refractivity (Wildman–Crippen MR) is 64.2 cm³/mol. The normalized spacial score (nSPS) is 11.3. The molecule has 0 aromatic heterocycles. The van der Waals surface area contributed by atoms with E-state index in [9.17, 15) is 19.2 Å². The largest absolute Gasteiger partial charge is 0.481 e. The van der Waals surface area contributed by atoms with Gasteiger partial charge in [-0.2, -0.15) is 0 Å². The highest BCUT2D eigenvalue weighted by molar-refractivity contribution is 5.94. The van der Waals surface area contributed by atoms with E-state index in [1.165, 1.54) is 7.11 Å². The molecule has 3 N–H and O–H groups in total. The second-order valence-electron chi connectivity index (χ2n) is 4.04. The summed E-state index contributed by atoms with van der Waals surface area (Å²) in [5.74, 6) is -2.39. The smallest absolute Gasteiger partial charge is 0.321 e. The van der Waals surface area contributed by atoms with E-state index in [-0.39, 0.29) is 31.7 Å². The number of hydrogen-bond acceptors (Lipinski definition) is 5. The third-order valence-corrected chi connectivity index (χ3v) is 2.15. The molecule has 0 saturated carbocycles. The van der Waals surface area contributed by atoms with E-state index in [1.807, 2.05) is 5.32 Å². The molecule has 0 bridgehead atoms. The summed E-state index contributed by atoms with van der Waals surface area (Å²) in [6.07, 6.45) is -0.193. The molecule has 0 spiro atoms. The van der Waals surface area contributed by atoms with E-state index in [2.05, 4.69) is 10.1 Å². The number of hydrogen-bond donors (Lipinski definition) is 3. The van der Waals surface area contributed by atoms with Gasteiger partial charge in [0.1, 0.15) is 0 Å². The summed E-state index contributed by atoms with van der Waals surface area (Å²) in [6, 6.07) is -0.726. The van der Waals surface area contributed by atoms with Crippen LogP contribution in [0.5, 0.6) is 0 Å². The standard InChI is InChI=1S/C11H18N2O6/c1-7(6-9(15)16)5-8(14)13-11(18)12-4-3-10(17)19-2/h7H,3-6H2,1-2H3,(H,15,16)(H2,12,13,14,18). The van der Waals surface area contributed by atoms with Crippen LogP contribution in [-0.4, -0.2) is 42.6 Å². The van der Waals surface area contributed by atoms with Crippen LogP contribution in [0.4, 0.5) is 4.79 Å². The molecule has 8 nitrogen and oxygen atoms in total. The van der Waals surface area contributed by atoms with E-state index < -0.39 is 23.9 Å². The van der Waals surface area contributed by atoms with Crippen molar-refractivity contribution in [2.24, 2.45) is 5.92 Å². The molecule has 1 atom stereocenters. The molecule has 0 aliphatic heterocycles. The average molecular weight is 274 g/mol. The van der Waals surface area contributed by atoms with Crippen LogP contribution in [0.15, 0.2) is 0 Å². The number of imide groups is 1. The van der Waals surface area contributed by atoms with Crippen molar-refractivity contribution in [2.45, 2.75) is 26.2 Å². The Bertz CT molecular complexity index is 355. The highest BCUT2D eigenvalue weighted by Gasteiger charge is 2.14. The molecule has 19 heavy (non-hydrogen) atoms. The fourth-order valence-corrected chi connectivity index (χ4v) is 1.29. The van der Waals surface area contributed by atoms with E-state index in [0.717, 1.165) is 0 Å². The van der Waals surface area contributed by atoms with Gasteiger partial charge in [-0.05, 0) is 5.92 Å². The Morgan fingerprint density at radius 3 is 2.37 bits per heavy atom. The van der Waals surface area contributed by atoms with E-state index >= 15 is 0 Å². The van der Waals surface area contributed by atoms with Gasteiger partial charge in [-0.1, -0.05) is 6.92 Å². The van der Waals surface area contributed by atoms with Crippen molar-refractivity contribution >= 4 is 23.9 Å². The van der Waals surface area contributed by atoms with Crippen molar-refractivity contribution in [1.29, 1.82) is 0 Å². The number of urea groups is 1. The Morgan fingerprint density at radius 2 is 1.84 bits per heavy atom. The van der Waals surface area contributed by atoms with Gasteiger partial charge in [0, 0.05) is 19.4 Å². The zero-order chi connectivity index (χ0) is 14.8. The van der Waals surface area contributed by atoms with Crippen LogP contribution >= 0.6 is 0 Å². The van der Waals surface area contributed by atoms with Crippen LogP contribution in [0.2, 0.25) is 0 Å². The third kappa shape index (κ3) is 9.57. The second kappa shape index (κ2) is 8.90. The molecular weight excluding hydrogens is 256 g/mol. The van der Waals surface area contributed by atoms with E-state index in [0.29, 0.717) is 0 Å². The van der Waals surface area contributed by atoms with Gasteiger partial charge < -0.3 is 15.2 Å². The molecule has 0 fully saturated rings. The molecule has 0 aliphatic carbocycles. The molecule has 1 unspecified atom stereocenters. The zero-order valence-corrected chi connectivity index (χ0v) is 10.9. The molecule has 0 rings (SSSR count). The fraction of sp³-hybridized carbons (Fsp3) is 0.636. The van der Waals surface area contributed by atoms with Gasteiger partial charge in [0.15, 0.2) is 0 Å². The highest BCUT2D eigenvalue weighted by atomic mass is 16.5. The quantitative estimate of drug-likeness (QED) is 0.556. The van der Waals surface area contributed by atoms with Gasteiger partial charge in [0.2, 0.25) is 5.91 Å². The minimum Gasteiger partial charge on any atom is -0.481 e. The zero-order valence-electron chi connectivity index (χ0n) is 10.9. The van der Waals surface area contributed by atoms with Crippen LogP contribution < -0.4 is 10.6 Å². The topological polar surface area (TPSA) is 122 Å². The lowest BCUT2D eigenvalue weighted by molar-refractivity contribution is -0.140. The average Bonchev–Trinajstić information content (AvgIpc) is 2.26. The van der Waals surface area contributed by atoms with Crippen molar-refractivity contribution < 1.29 is 29.0 Å². The number of carbonyl (C=O) groups is 4. The first-order valence-corrected chi connectivity index (χ1v) is 5.71. The first-order chi connectivity index (χ1) is 8.85. The Hall–Kier alpha value is -2.12. The van der Waals surface area contributed by atoms with Crippen LogP contribution in [-0.2, 0) is 19.1 Å². The Labute approximate surface area is 110 Å². The van der Waals surface area contributed by atoms with Crippen molar-refractivity contribution in [2.75, 3.05) is 13.7 Å². The van der Waals surface area contributed by atoms with Crippen LogP contribution in [0.25, 0.3) is 0 Å². The maximum absolute atomic E-state index is 11.3. The highest BCUT2D eigenvalue weighted by Crippen LogP contribution is 2.06. The molecule has 0 aliphatic rings. The summed E-state index contributed by atoms with van der Waals surface area (Å²) in [5.41, 5.74) is 0. The number of aliphatic carboxylic acids is 1. The summed E-state index contributed by atoms with van der Waals surface area (Å²) in [7, 11) is 1.23. The number of nitrogens with one attached hydrogen (secondary N) is 2. The lowest BCUT2D eigenvalue weighted by Gasteiger charge is -2.09. The lowest BCUT2D eigenvalue weighted by atomic mass is 10.0. The van der Waals surface area contributed by atoms with Gasteiger partial charge in [0.25, 0.3) is 0 Å². The maximum Gasteiger partial charge on any atom is 0.321 e. The number of rotatable bonds is 7. The van der Waals surface area contributed by atoms with Crippen LogP contribution in [0.3, 0.4) is 0 Å². The molecule has 0 aromatic carbocycles. The minimum absolute atomic E-state index is 0.00747. The van der Waals surface area contributed by atoms with Gasteiger partial charge in [-0.25, -0.2) is 4.79 Å². The van der Waals surface area contributed by atoms with Crippen LogP contribution in [0, 0.1) is 5.92 Å². The number of carboxylic acids is 1. The Balaban J connectivity index is 3.83. The van der Waals surface area contributed by atoms with Gasteiger partial charge in [-0.15, -0.1) is 0 Å². The molecule has 8 heteroatoms. The SMILES string of the molecule is COC(=O)CCNC(=O)NC(=O)CC(C)CC(=O)O. The number of carboxylic acid groups (broad SMARTS) is 1. The first kappa shape index (κ1) is 16.9. The summed E-state index contributed by atoms with van der Waals surface area (Å²) in [6.45, 7) is 1.65. The second-order valence-corrected chi connectivity index (χ2v) is 4.04. The summed E-state index contributed by atoms with van der Waals surface area (Å²) in [5, 5.41) is 12.9. The van der Waals surface area contributed by atoms with Gasteiger partial charge >= 0.3 is 18.0 Å². The van der Waals surface area contributed by atoms with E-state index in [4.69, 9.17) is 5.11 Å². The molecule has 0 radical (unpaired) electrons. The van der Waals surface area contributed by atoms with Crippen molar-refractivity contribution in [3.05, 3.63) is 0 Å². The van der Waals surface area contributed by atoms with Gasteiger partial charge in [0.05, 0.1) is 13.5 Å². The number of ether oxygens (including phenoxy) is 1. The maximum atomic E-state index is 11.3. The Kier molecular flexibility index (Phi) is 7.90. The van der Waals surface area contributed by atoms with Gasteiger partial charge in [-0.3, -0.25) is 19.7 Å². The number of carbonyl (C=O) groups excluding carboxylic acids is 3. The van der Waals surface area contributed by atoms with Crippen molar-refractivity contribution in [3.8, 4) is 0 Å². The van der Waals surface area contributed by atoms with E-state index in [1.54, 1.807) is 6.92 Å². The molecule has 108 valence electrons. The predicted octanol–water partition coefficient (Wildman–Crippen LogP) is -0.124. The molecule has 0 aromatic rings. The minimum atomic E-state index is -0.997. The van der Waals surface area contributed by atoms with Crippen molar-refractivity contribution in [1.82, 2.24) is 10.6 Å². The number of methoxy groups -OCH3 is 1. The lowest BCUT2D eigenvalue weighted by Crippen LogP contribution is -2.40. The third-order valence-electron chi connectivity index (χ3n) is 2.15. The van der Waals surface area contributed by atoms with Crippen LogP contribution in [0.1, 0.15) is 26.2 Å². The number of esters is 1. The molecule has 0 heterocycles. The summed E-state index contributed by atoms with van der Waals surface area (Å²) >= 11 is 0. The summed E-state index contributed by atoms with van der Waals surface area (Å²) in [4.78, 5) is 43.7. The first-order valence-electron chi connectivity index (χ1n) is 5.71. The molecular formula is C11H18N2O6. The molecule has 0 saturated heterocycles. The monoisotopic (exact) mass is 274 g/mol. The molecule has 3 amide bonds. The number of amides is 3. The fourth-order valence-electron chi connectivity index (χ4n) is 1.29.